The van der Waals surface area contributed by atoms with E-state index in [4.69, 9.17) is 0 Å². The highest BCUT2D eigenvalue weighted by Crippen LogP contribution is 2.21. The molecule has 0 unspecified atom stereocenters. The van der Waals surface area contributed by atoms with Crippen LogP contribution in [-0.2, 0) is 6.54 Å². The third-order valence-corrected chi connectivity index (χ3v) is 2.72. The Morgan fingerprint density at radius 2 is 2.23 bits per heavy atom. The van der Waals surface area contributed by atoms with Crippen molar-refractivity contribution in [2.75, 3.05) is 14.1 Å². The number of fused-ring (bicyclic) bond motifs is 1. The van der Waals surface area contributed by atoms with Gasteiger partial charge in [0.2, 0.25) is 0 Å². The van der Waals surface area contributed by atoms with E-state index in [0.717, 1.165) is 12.1 Å². The molecule has 0 aliphatic carbocycles. The molecule has 2 rings (SSSR count). The summed E-state index contributed by atoms with van der Waals surface area (Å²) in [7, 11) is 4.15. The van der Waals surface area contributed by atoms with Crippen LogP contribution in [0.25, 0.3) is 10.2 Å². The monoisotopic (exact) mass is 192 g/mol. The van der Waals surface area contributed by atoms with E-state index < -0.39 is 0 Å². The number of hydrogen-bond donors (Lipinski definition) is 0. The number of para-hydroxylation sites is 1. The molecule has 2 aromatic rings. The van der Waals surface area contributed by atoms with Crippen LogP contribution in [0.5, 0.6) is 0 Å². The van der Waals surface area contributed by atoms with Gasteiger partial charge in [0.1, 0.15) is 0 Å². The van der Waals surface area contributed by atoms with E-state index in [1.165, 1.54) is 10.3 Å². The van der Waals surface area contributed by atoms with Gasteiger partial charge in [-0.25, -0.2) is 4.98 Å². The maximum Gasteiger partial charge on any atom is 0.0856 e. The van der Waals surface area contributed by atoms with E-state index in [0.29, 0.717) is 0 Å². The fourth-order valence-electron chi connectivity index (χ4n) is 1.41. The molecular weight excluding hydrogens is 180 g/mol. The summed E-state index contributed by atoms with van der Waals surface area (Å²) < 4.78 is 1.28. The van der Waals surface area contributed by atoms with E-state index in [2.05, 4.69) is 42.2 Å². The SMILES string of the molecule is CN(C)Cc1cccc2scnc12. The molecule has 3 heteroatoms. The van der Waals surface area contributed by atoms with Crippen LogP contribution in [0.1, 0.15) is 5.56 Å². The molecule has 2 nitrogen and oxygen atoms in total. The zero-order chi connectivity index (χ0) is 9.26. The summed E-state index contributed by atoms with van der Waals surface area (Å²) in [5, 5.41) is 0. The molecule has 0 amide bonds. The van der Waals surface area contributed by atoms with Gasteiger partial charge in [0.05, 0.1) is 15.7 Å². The molecule has 0 radical (unpaired) electrons. The summed E-state index contributed by atoms with van der Waals surface area (Å²) in [5.74, 6) is 0. The highest BCUT2D eigenvalue weighted by atomic mass is 32.1. The lowest BCUT2D eigenvalue weighted by Gasteiger charge is -2.09. The topological polar surface area (TPSA) is 16.1 Å². The average molecular weight is 192 g/mol. The van der Waals surface area contributed by atoms with Crippen molar-refractivity contribution in [2.45, 2.75) is 6.54 Å². The minimum absolute atomic E-state index is 0.959. The van der Waals surface area contributed by atoms with Crippen molar-refractivity contribution in [3.05, 3.63) is 29.3 Å². The van der Waals surface area contributed by atoms with E-state index in [9.17, 15) is 0 Å². The molecule has 1 aromatic heterocycles. The second kappa shape index (κ2) is 3.44. The molecule has 0 fully saturated rings. The van der Waals surface area contributed by atoms with Crippen molar-refractivity contribution < 1.29 is 0 Å². The Balaban J connectivity index is 2.48. The maximum atomic E-state index is 4.36. The minimum Gasteiger partial charge on any atom is -0.305 e. The molecule has 0 saturated heterocycles. The first-order valence-electron chi connectivity index (χ1n) is 4.23. The van der Waals surface area contributed by atoms with Crippen LogP contribution >= 0.6 is 11.3 Å². The Hall–Kier alpha value is -0.930. The summed E-state index contributed by atoms with van der Waals surface area (Å²) in [6, 6.07) is 6.35. The Bertz CT molecular complexity index is 406. The Morgan fingerprint density at radius 1 is 1.38 bits per heavy atom. The van der Waals surface area contributed by atoms with E-state index in [1.54, 1.807) is 11.3 Å². The summed E-state index contributed by atoms with van der Waals surface area (Å²) in [4.78, 5) is 6.52. The van der Waals surface area contributed by atoms with Crippen LogP contribution in [0.4, 0.5) is 0 Å². The van der Waals surface area contributed by atoms with Gasteiger partial charge in [-0.1, -0.05) is 12.1 Å². The highest BCUT2D eigenvalue weighted by molar-refractivity contribution is 7.16. The molecule has 0 N–H and O–H groups in total. The molecule has 0 saturated carbocycles. The lowest BCUT2D eigenvalue weighted by molar-refractivity contribution is 0.404. The summed E-state index contributed by atoms with van der Waals surface area (Å²) in [5.41, 5.74) is 4.37. The van der Waals surface area contributed by atoms with Gasteiger partial charge < -0.3 is 4.90 Å². The molecule has 1 heterocycles. The van der Waals surface area contributed by atoms with Gasteiger partial charge in [-0.15, -0.1) is 11.3 Å². The lowest BCUT2D eigenvalue weighted by atomic mass is 10.2. The summed E-state index contributed by atoms with van der Waals surface area (Å²) in [6.45, 7) is 0.959. The Labute approximate surface area is 81.8 Å². The first-order valence-corrected chi connectivity index (χ1v) is 5.11. The second-order valence-electron chi connectivity index (χ2n) is 3.35. The fourth-order valence-corrected chi connectivity index (χ4v) is 2.14. The predicted molar refractivity (Wildman–Crippen MR) is 57.0 cm³/mol. The fraction of sp³-hybridized carbons (Fsp3) is 0.300. The van der Waals surface area contributed by atoms with Gasteiger partial charge in [-0.2, -0.15) is 0 Å². The third-order valence-electron chi connectivity index (χ3n) is 1.93. The quantitative estimate of drug-likeness (QED) is 0.726. The molecule has 0 aliphatic heterocycles. The van der Waals surface area contributed by atoms with Crippen LogP contribution in [0, 0.1) is 0 Å². The zero-order valence-corrected chi connectivity index (χ0v) is 8.64. The molecule has 0 atom stereocenters. The van der Waals surface area contributed by atoms with Crippen molar-refractivity contribution in [1.29, 1.82) is 0 Å². The zero-order valence-electron chi connectivity index (χ0n) is 7.82. The maximum absolute atomic E-state index is 4.36. The summed E-state index contributed by atoms with van der Waals surface area (Å²) >= 11 is 1.70. The molecular formula is C10H12N2S. The van der Waals surface area contributed by atoms with Crippen molar-refractivity contribution in [1.82, 2.24) is 9.88 Å². The lowest BCUT2D eigenvalue weighted by Crippen LogP contribution is -2.10. The first-order chi connectivity index (χ1) is 6.27. The van der Waals surface area contributed by atoms with Crippen LogP contribution in [-0.4, -0.2) is 24.0 Å². The molecule has 0 aliphatic rings. The van der Waals surface area contributed by atoms with Crippen molar-refractivity contribution in [3.8, 4) is 0 Å². The van der Waals surface area contributed by atoms with Crippen LogP contribution in [0.15, 0.2) is 23.7 Å². The number of nitrogens with zero attached hydrogens (tertiary/aromatic N) is 2. The first kappa shape index (κ1) is 8.66. The number of hydrogen-bond acceptors (Lipinski definition) is 3. The molecule has 13 heavy (non-hydrogen) atoms. The molecule has 0 bridgehead atoms. The van der Waals surface area contributed by atoms with Gasteiger partial charge in [0.25, 0.3) is 0 Å². The second-order valence-corrected chi connectivity index (χ2v) is 4.24. The normalized spacial score (nSPS) is 11.3. The number of thiazole rings is 1. The predicted octanol–water partition coefficient (Wildman–Crippen LogP) is 2.36. The Morgan fingerprint density at radius 3 is 3.00 bits per heavy atom. The standard InChI is InChI=1S/C10H12N2S/c1-12(2)6-8-4-3-5-9-10(8)11-7-13-9/h3-5,7H,6H2,1-2H3. The van der Waals surface area contributed by atoms with Crippen LogP contribution < -0.4 is 0 Å². The third kappa shape index (κ3) is 1.71. The van der Waals surface area contributed by atoms with Gasteiger partial charge in [-0.3, -0.25) is 0 Å². The molecule has 1 aromatic carbocycles. The molecule has 0 spiro atoms. The average Bonchev–Trinajstić information content (AvgIpc) is 2.51. The minimum atomic E-state index is 0.959. The van der Waals surface area contributed by atoms with Crippen molar-refractivity contribution in [2.24, 2.45) is 0 Å². The van der Waals surface area contributed by atoms with Gasteiger partial charge in [0.15, 0.2) is 0 Å². The number of benzene rings is 1. The van der Waals surface area contributed by atoms with E-state index >= 15 is 0 Å². The highest BCUT2D eigenvalue weighted by Gasteiger charge is 2.03. The Kier molecular flexibility index (Phi) is 2.29. The number of aromatic nitrogens is 1. The van der Waals surface area contributed by atoms with Gasteiger partial charge >= 0.3 is 0 Å². The van der Waals surface area contributed by atoms with Crippen molar-refractivity contribution in [3.63, 3.8) is 0 Å². The van der Waals surface area contributed by atoms with Crippen molar-refractivity contribution >= 4 is 21.6 Å². The summed E-state index contributed by atoms with van der Waals surface area (Å²) in [6.07, 6.45) is 0. The molecule has 68 valence electrons. The van der Waals surface area contributed by atoms with Gasteiger partial charge in [0, 0.05) is 6.54 Å². The van der Waals surface area contributed by atoms with E-state index in [-0.39, 0.29) is 0 Å². The van der Waals surface area contributed by atoms with Gasteiger partial charge in [-0.05, 0) is 25.7 Å². The van der Waals surface area contributed by atoms with E-state index in [1.807, 2.05) is 5.51 Å². The number of rotatable bonds is 2. The van der Waals surface area contributed by atoms with Crippen LogP contribution in [0.2, 0.25) is 0 Å². The van der Waals surface area contributed by atoms with Crippen LogP contribution in [0.3, 0.4) is 0 Å². The largest absolute Gasteiger partial charge is 0.305 e. The smallest absolute Gasteiger partial charge is 0.0856 e.